The molecule has 0 spiro atoms. The molecular weight excluding hydrogens is 1160 g/mol. The molecule has 30 heteroatoms. The topological polar surface area (TPSA) is 364 Å². The Morgan fingerprint density at radius 3 is 1.24 bits per heavy atom. The van der Waals surface area contributed by atoms with Crippen LogP contribution in [0.3, 0.4) is 0 Å². The van der Waals surface area contributed by atoms with Gasteiger partial charge in [-0.25, -0.2) is 46.8 Å². The first-order chi connectivity index (χ1) is 39.8. The molecule has 10 atom stereocenters. The van der Waals surface area contributed by atoms with Gasteiger partial charge in [-0.3, -0.25) is 19.6 Å². The first kappa shape index (κ1) is 64.8. The van der Waals surface area contributed by atoms with Crippen LogP contribution in [0.5, 0.6) is 0 Å². The molecule has 2 saturated heterocycles. The molecule has 0 amide bonds. The molecule has 2 aliphatic heterocycles. The average Bonchev–Trinajstić information content (AvgIpc) is 1.65. The van der Waals surface area contributed by atoms with E-state index in [-0.39, 0.29) is 38.9 Å². The van der Waals surface area contributed by atoms with Crippen LogP contribution in [0.4, 0.5) is 37.7 Å². The van der Waals surface area contributed by atoms with E-state index in [9.17, 15) is 56.4 Å². The van der Waals surface area contributed by atoms with Crippen LogP contribution in [0.1, 0.15) is 96.4 Å². The number of hydrogen-bond donors (Lipinski definition) is 8. The Hall–Kier alpha value is -6.72. The molecule has 84 heavy (non-hydrogen) atoms. The van der Waals surface area contributed by atoms with Gasteiger partial charge in [0.15, 0.2) is 11.6 Å². The predicted molar refractivity (Wildman–Crippen MR) is 288 cm³/mol. The van der Waals surface area contributed by atoms with Crippen molar-refractivity contribution in [1.29, 1.82) is 0 Å². The van der Waals surface area contributed by atoms with E-state index >= 15 is 0 Å². The summed E-state index contributed by atoms with van der Waals surface area (Å²) in [6, 6.07) is 9.58. The molecule has 6 heterocycles. The molecule has 0 bridgehead atoms. The number of anilines is 2. The van der Waals surface area contributed by atoms with Gasteiger partial charge < -0.3 is 51.5 Å². The molecular formula is C54H60F6N8O14P2. The fraction of sp³-hybridized carbons (Fsp3) is 0.370. The van der Waals surface area contributed by atoms with Gasteiger partial charge >= 0.3 is 16.5 Å². The van der Waals surface area contributed by atoms with Crippen molar-refractivity contribution < 1.29 is 98.0 Å². The number of aliphatic hydroxyl groups excluding tert-OH is 4. The molecule has 10 N–H and O–H groups in total. The second-order valence-corrected chi connectivity index (χ2v) is 21.5. The minimum atomic E-state index is -3.04. The van der Waals surface area contributed by atoms with Crippen LogP contribution in [0.15, 0.2) is 73.1 Å². The summed E-state index contributed by atoms with van der Waals surface area (Å²) < 4.78 is 110. The molecule has 2 aromatic carbocycles. The van der Waals surface area contributed by atoms with Gasteiger partial charge in [-0.1, -0.05) is 26.0 Å². The number of hydrogen-bond acceptors (Lipinski definition) is 22. The number of aromatic nitrogens is 4. The van der Waals surface area contributed by atoms with Crippen LogP contribution in [0, 0.1) is 46.7 Å². The smallest absolute Gasteiger partial charge is 0.521 e. The number of pyridine rings is 4. The second-order valence-electron chi connectivity index (χ2n) is 20.2. The molecule has 0 radical (unpaired) electrons. The van der Waals surface area contributed by atoms with Crippen molar-refractivity contribution >= 4 is 39.5 Å². The lowest BCUT2D eigenvalue weighted by molar-refractivity contribution is -0.245. The van der Waals surface area contributed by atoms with Crippen LogP contribution >= 0.6 is 16.5 Å². The van der Waals surface area contributed by atoms with E-state index in [0.29, 0.717) is 74.4 Å². The van der Waals surface area contributed by atoms with E-state index in [1.165, 1.54) is 24.5 Å². The number of carbonyl (C=O) groups is 2. The average molecular weight is 1220 g/mol. The fourth-order valence-corrected chi connectivity index (χ4v) is 10.7. The number of rotatable bonds is 12. The maximum atomic E-state index is 14.5. The Kier molecular flexibility index (Phi) is 22.0. The molecule has 2 fully saturated rings. The Balaban J connectivity index is 0.000000266. The number of nitrogens with zero attached hydrogens (tertiary/aromatic N) is 6. The van der Waals surface area contributed by atoms with Crippen LogP contribution < -0.4 is 31.1 Å². The van der Waals surface area contributed by atoms with Gasteiger partial charge in [0.1, 0.15) is 57.7 Å². The lowest BCUT2D eigenvalue weighted by Crippen LogP contribution is -2.56. The van der Waals surface area contributed by atoms with E-state index < -0.39 is 122 Å². The van der Waals surface area contributed by atoms with Crippen LogP contribution in [-0.2, 0) is 44.2 Å². The predicted octanol–water partition coefficient (Wildman–Crippen LogP) is 5.70. The Labute approximate surface area is 479 Å². The van der Waals surface area contributed by atoms with Crippen molar-refractivity contribution in [3.8, 4) is 22.5 Å². The third kappa shape index (κ3) is 14.8. The summed E-state index contributed by atoms with van der Waals surface area (Å²) in [6.07, 6.45) is 2.12. The zero-order chi connectivity index (χ0) is 61.4. The lowest BCUT2D eigenvalue weighted by atomic mass is 9.91. The van der Waals surface area contributed by atoms with Crippen LogP contribution in [0.2, 0.25) is 0 Å². The number of Topliss-reactive ketones (excluding diaryl/α,β-unsaturated/α-hetero) is 2. The third-order valence-electron chi connectivity index (χ3n) is 14.5. The zero-order valence-electron chi connectivity index (χ0n) is 44.6. The van der Waals surface area contributed by atoms with Crippen molar-refractivity contribution in [3.05, 3.63) is 153 Å². The van der Waals surface area contributed by atoms with Gasteiger partial charge in [-0.2, -0.15) is 0 Å². The molecule has 22 nitrogen and oxygen atoms in total. The number of piperidine rings is 2. The molecule has 4 aromatic heterocycles. The van der Waals surface area contributed by atoms with E-state index in [1.54, 1.807) is 0 Å². The number of benzene rings is 2. The monoisotopic (exact) mass is 1220 g/mol. The summed E-state index contributed by atoms with van der Waals surface area (Å²) in [5.74, 6) is -7.10. The number of aliphatic hydroxyl groups is 4. The highest BCUT2D eigenvalue weighted by Crippen LogP contribution is 2.42. The first-order valence-electron chi connectivity index (χ1n) is 25.8. The second kappa shape index (κ2) is 28.4. The van der Waals surface area contributed by atoms with Gasteiger partial charge in [0.2, 0.25) is 0 Å². The maximum absolute atomic E-state index is 14.5. The maximum Gasteiger partial charge on any atom is 0.521 e. The summed E-state index contributed by atoms with van der Waals surface area (Å²) in [4.78, 5) is 65.3. The number of fused-ring (bicyclic) bond motifs is 2. The minimum Gasteiger partial charge on any atom is -0.565 e. The summed E-state index contributed by atoms with van der Waals surface area (Å²) in [5, 5.41) is 55.6. The molecule has 2 aliphatic carbocycles. The quantitative estimate of drug-likeness (QED) is 0.0239. The number of ketones is 2. The van der Waals surface area contributed by atoms with Gasteiger partial charge in [0, 0.05) is 121 Å². The van der Waals surface area contributed by atoms with Crippen LogP contribution in [0.25, 0.3) is 22.5 Å². The summed E-state index contributed by atoms with van der Waals surface area (Å²) in [6.45, 7) is 5.48. The molecule has 452 valence electrons. The minimum absolute atomic E-state index is 0. The van der Waals surface area contributed by atoms with Crippen molar-refractivity contribution in [1.82, 2.24) is 19.9 Å². The summed E-state index contributed by atoms with van der Waals surface area (Å²) >= 11 is 0. The number of nitrogens with two attached hydrogens (primary N) is 2. The van der Waals surface area contributed by atoms with Crippen molar-refractivity contribution in [2.45, 2.75) is 88.9 Å². The number of carbonyl (C=O) groups excluding carboxylic acids is 2. The Morgan fingerprint density at radius 2 is 0.929 bits per heavy atom. The fourth-order valence-electron chi connectivity index (χ4n) is 10.7. The highest BCUT2D eigenvalue weighted by atomic mass is 31.1. The van der Waals surface area contributed by atoms with Crippen LogP contribution in [-0.4, -0.2) is 113 Å². The molecule has 10 rings (SSSR count). The number of halogens is 6. The van der Waals surface area contributed by atoms with Gasteiger partial charge in [-0.15, -0.1) is 0 Å². The lowest BCUT2D eigenvalue weighted by Gasteiger charge is -2.41. The molecule has 0 saturated carbocycles. The largest absolute Gasteiger partial charge is 0.565 e. The summed E-state index contributed by atoms with van der Waals surface area (Å²) in [7, 11) is -6.09. The van der Waals surface area contributed by atoms with Gasteiger partial charge in [0.25, 0.3) is 0 Å². The Bertz CT molecular complexity index is 3170. The third-order valence-corrected chi connectivity index (χ3v) is 14.8. The highest BCUT2D eigenvalue weighted by Gasteiger charge is 2.38. The molecule has 6 aromatic rings. The summed E-state index contributed by atoms with van der Waals surface area (Å²) in [5.41, 5.74) is 15.0. The normalized spacial score (nSPS) is 21.8. The van der Waals surface area contributed by atoms with E-state index in [2.05, 4.69) is 29.3 Å². The SMILES string of the molecule is C[C@H]1CN(c2c(CC(=O)c3ccc(F)c(-c4c(F)cccc4F)n3)cnc3c2CC[C@H]3O)C[C@@H](N)[C@@H]1O.C[C@H]1CN(c2c(CC(=O)c3ccc(F)c(-c4c(F)cccc4F)n3)cnc3c2CC[C@H]3O)C[C@@H](N)[C@@H]1O.O=[P+]([O-])OO.O=[P+]([O-])OO.[HH].[HH]. The van der Waals surface area contributed by atoms with Gasteiger partial charge in [0.05, 0.1) is 46.9 Å². The van der Waals surface area contributed by atoms with Crippen molar-refractivity contribution in [2.24, 2.45) is 23.3 Å². The Morgan fingerprint density at radius 1 is 0.595 bits per heavy atom. The van der Waals surface area contributed by atoms with Crippen molar-refractivity contribution in [2.75, 3.05) is 36.0 Å². The van der Waals surface area contributed by atoms with Gasteiger partial charge in [-0.05, 0) is 83.3 Å². The molecule has 2 unspecified atom stereocenters. The zero-order valence-corrected chi connectivity index (χ0v) is 46.4. The van der Waals surface area contributed by atoms with E-state index in [0.717, 1.165) is 71.0 Å². The standard InChI is InChI=1S/2C27H27F3N4O3.2HO4P.2H2/c2*1-13-11-34(12-19(31)27(13)37)26-14(10-32-24-15(26)5-8-21(24)35)9-22(36)20-7-6-18(30)25(33-20)23-16(28)3-2-4-17(23)29;2*1-4-5(2)3;;/h2*2-4,6-7,10,13,19,21,27,35,37H,5,8-9,11-12,31H2,1H3;2*1H;2*1H/t2*13-,19+,21+,27+;;;;/m00..../s1. The molecule has 4 aliphatic rings. The van der Waals surface area contributed by atoms with Crippen molar-refractivity contribution in [3.63, 3.8) is 0 Å². The van der Waals surface area contributed by atoms with E-state index in [1.807, 2.05) is 23.6 Å². The first-order valence-corrected chi connectivity index (χ1v) is 28.0. The highest BCUT2D eigenvalue weighted by molar-refractivity contribution is 7.30. The van der Waals surface area contributed by atoms with E-state index in [4.69, 9.17) is 40.9 Å².